The number of hydrogen-bond acceptors (Lipinski definition) is 2. The van der Waals surface area contributed by atoms with Gasteiger partial charge < -0.3 is 10.7 Å². The quantitative estimate of drug-likeness (QED) is 0.875. The standard InChI is InChI=1S/C13H16ClN3/c1-9-12(17-13(16-9)5-6-15)8-10-3-2-4-11(14)7-10/h2-4,7H,5-6,8,15H2,1H3,(H,16,17). The molecule has 1 aromatic carbocycles. The Bertz CT molecular complexity index is 505. The fourth-order valence-electron chi connectivity index (χ4n) is 1.83. The third-order valence-electron chi connectivity index (χ3n) is 2.68. The number of aromatic nitrogens is 2. The number of nitrogens with zero attached hydrogens (tertiary/aromatic N) is 1. The van der Waals surface area contributed by atoms with Gasteiger partial charge in [0.15, 0.2) is 0 Å². The second-order valence-corrected chi connectivity index (χ2v) is 4.54. The van der Waals surface area contributed by atoms with Crippen molar-refractivity contribution in [2.45, 2.75) is 19.8 Å². The van der Waals surface area contributed by atoms with E-state index in [1.54, 1.807) is 0 Å². The minimum atomic E-state index is 0.615. The Morgan fingerprint density at radius 3 is 2.94 bits per heavy atom. The highest BCUT2D eigenvalue weighted by Gasteiger charge is 2.07. The summed E-state index contributed by atoms with van der Waals surface area (Å²) < 4.78 is 0. The summed E-state index contributed by atoms with van der Waals surface area (Å²) in [6, 6.07) is 7.86. The van der Waals surface area contributed by atoms with Crippen LogP contribution in [0.25, 0.3) is 0 Å². The van der Waals surface area contributed by atoms with E-state index >= 15 is 0 Å². The van der Waals surface area contributed by atoms with E-state index in [1.165, 1.54) is 5.56 Å². The Labute approximate surface area is 106 Å². The van der Waals surface area contributed by atoms with E-state index in [1.807, 2.05) is 25.1 Å². The highest BCUT2D eigenvalue weighted by atomic mass is 35.5. The number of aromatic amines is 1. The highest BCUT2D eigenvalue weighted by Crippen LogP contribution is 2.16. The van der Waals surface area contributed by atoms with Gasteiger partial charge in [-0.1, -0.05) is 23.7 Å². The van der Waals surface area contributed by atoms with Crippen LogP contribution in [0.15, 0.2) is 24.3 Å². The van der Waals surface area contributed by atoms with Gasteiger partial charge in [0.1, 0.15) is 5.82 Å². The fourth-order valence-corrected chi connectivity index (χ4v) is 2.04. The molecule has 0 saturated carbocycles. The number of aryl methyl sites for hydroxylation is 1. The van der Waals surface area contributed by atoms with Gasteiger partial charge >= 0.3 is 0 Å². The number of H-pyrrole nitrogens is 1. The number of nitrogens with two attached hydrogens (primary N) is 1. The first kappa shape index (κ1) is 12.1. The van der Waals surface area contributed by atoms with E-state index in [9.17, 15) is 0 Å². The van der Waals surface area contributed by atoms with Crippen LogP contribution in [-0.4, -0.2) is 16.5 Å². The summed E-state index contributed by atoms with van der Waals surface area (Å²) in [6.07, 6.45) is 1.59. The lowest BCUT2D eigenvalue weighted by Crippen LogP contribution is -2.04. The molecule has 4 heteroatoms. The van der Waals surface area contributed by atoms with Crippen molar-refractivity contribution in [2.75, 3.05) is 6.54 Å². The van der Waals surface area contributed by atoms with Crippen LogP contribution in [0.3, 0.4) is 0 Å². The average Bonchev–Trinajstić information content (AvgIpc) is 2.60. The van der Waals surface area contributed by atoms with Gasteiger partial charge in [0.2, 0.25) is 0 Å². The molecule has 0 aliphatic rings. The largest absolute Gasteiger partial charge is 0.346 e. The molecule has 0 aliphatic heterocycles. The van der Waals surface area contributed by atoms with E-state index < -0.39 is 0 Å². The molecule has 0 amide bonds. The minimum absolute atomic E-state index is 0.615. The Morgan fingerprint density at radius 2 is 2.24 bits per heavy atom. The SMILES string of the molecule is Cc1[nH]c(CCN)nc1Cc1cccc(Cl)c1. The number of hydrogen-bond donors (Lipinski definition) is 2. The van der Waals surface area contributed by atoms with Gasteiger partial charge in [-0.25, -0.2) is 4.98 Å². The molecular weight excluding hydrogens is 234 g/mol. The summed E-state index contributed by atoms with van der Waals surface area (Å²) in [6.45, 7) is 2.65. The van der Waals surface area contributed by atoms with E-state index in [2.05, 4.69) is 16.0 Å². The van der Waals surface area contributed by atoms with Gasteiger partial charge in [0.25, 0.3) is 0 Å². The second-order valence-electron chi connectivity index (χ2n) is 4.10. The van der Waals surface area contributed by atoms with Crippen molar-refractivity contribution in [3.8, 4) is 0 Å². The fraction of sp³-hybridized carbons (Fsp3) is 0.308. The van der Waals surface area contributed by atoms with Crippen LogP contribution in [0, 0.1) is 6.92 Å². The van der Waals surface area contributed by atoms with Crippen molar-refractivity contribution in [3.63, 3.8) is 0 Å². The van der Waals surface area contributed by atoms with Crippen molar-refractivity contribution < 1.29 is 0 Å². The van der Waals surface area contributed by atoms with Crippen LogP contribution >= 0.6 is 11.6 Å². The molecule has 90 valence electrons. The van der Waals surface area contributed by atoms with Crippen molar-refractivity contribution in [3.05, 3.63) is 52.1 Å². The molecule has 0 saturated heterocycles. The molecule has 0 bridgehead atoms. The molecule has 0 spiro atoms. The van der Waals surface area contributed by atoms with Gasteiger partial charge in [0, 0.05) is 23.6 Å². The van der Waals surface area contributed by atoms with Crippen LogP contribution < -0.4 is 5.73 Å². The van der Waals surface area contributed by atoms with Crippen molar-refractivity contribution in [1.82, 2.24) is 9.97 Å². The zero-order valence-corrected chi connectivity index (χ0v) is 10.6. The van der Waals surface area contributed by atoms with E-state index in [-0.39, 0.29) is 0 Å². The van der Waals surface area contributed by atoms with E-state index in [0.29, 0.717) is 6.54 Å². The molecular formula is C13H16ClN3. The van der Waals surface area contributed by atoms with Crippen LogP contribution in [0.4, 0.5) is 0 Å². The summed E-state index contributed by atoms with van der Waals surface area (Å²) in [5, 5.41) is 0.762. The first-order valence-electron chi connectivity index (χ1n) is 5.68. The molecule has 0 radical (unpaired) electrons. The molecule has 0 unspecified atom stereocenters. The number of rotatable bonds is 4. The lowest BCUT2D eigenvalue weighted by Gasteiger charge is -2.00. The highest BCUT2D eigenvalue weighted by molar-refractivity contribution is 6.30. The summed E-state index contributed by atoms with van der Waals surface area (Å²) in [4.78, 5) is 7.80. The number of benzene rings is 1. The Hall–Kier alpha value is -1.32. The van der Waals surface area contributed by atoms with E-state index in [4.69, 9.17) is 17.3 Å². The van der Waals surface area contributed by atoms with Gasteiger partial charge in [-0.15, -0.1) is 0 Å². The topological polar surface area (TPSA) is 54.7 Å². The molecule has 0 fully saturated rings. The van der Waals surface area contributed by atoms with Gasteiger partial charge in [-0.3, -0.25) is 0 Å². The lowest BCUT2D eigenvalue weighted by atomic mass is 10.1. The molecule has 2 aromatic rings. The molecule has 0 atom stereocenters. The third-order valence-corrected chi connectivity index (χ3v) is 2.91. The van der Waals surface area contributed by atoms with E-state index in [0.717, 1.165) is 35.1 Å². The monoisotopic (exact) mass is 249 g/mol. The van der Waals surface area contributed by atoms with Crippen molar-refractivity contribution >= 4 is 11.6 Å². The zero-order valence-electron chi connectivity index (χ0n) is 9.83. The summed E-state index contributed by atoms with van der Waals surface area (Å²) >= 11 is 5.96. The molecule has 2 rings (SSSR count). The predicted octanol–water partition coefficient (Wildman–Crippen LogP) is 2.46. The predicted molar refractivity (Wildman–Crippen MR) is 70.3 cm³/mol. The third kappa shape index (κ3) is 3.08. The molecule has 17 heavy (non-hydrogen) atoms. The number of nitrogens with one attached hydrogen (secondary N) is 1. The first-order valence-corrected chi connectivity index (χ1v) is 6.05. The Morgan fingerprint density at radius 1 is 1.41 bits per heavy atom. The normalized spacial score (nSPS) is 10.8. The maximum atomic E-state index is 5.96. The maximum Gasteiger partial charge on any atom is 0.107 e. The Balaban J connectivity index is 2.18. The average molecular weight is 250 g/mol. The minimum Gasteiger partial charge on any atom is -0.346 e. The molecule has 3 nitrogen and oxygen atoms in total. The van der Waals surface area contributed by atoms with Crippen LogP contribution in [0.5, 0.6) is 0 Å². The summed E-state index contributed by atoms with van der Waals surface area (Å²) in [7, 11) is 0. The summed E-state index contributed by atoms with van der Waals surface area (Å²) in [5.41, 5.74) is 8.86. The van der Waals surface area contributed by atoms with Crippen LogP contribution in [-0.2, 0) is 12.8 Å². The second kappa shape index (κ2) is 5.34. The Kier molecular flexibility index (Phi) is 3.82. The molecule has 1 aromatic heterocycles. The van der Waals surface area contributed by atoms with Crippen molar-refractivity contribution in [2.24, 2.45) is 5.73 Å². The summed E-state index contributed by atoms with van der Waals surface area (Å²) in [5.74, 6) is 0.960. The van der Waals surface area contributed by atoms with Crippen LogP contribution in [0.2, 0.25) is 5.02 Å². The number of imidazole rings is 1. The molecule has 3 N–H and O–H groups in total. The van der Waals surface area contributed by atoms with Crippen molar-refractivity contribution in [1.29, 1.82) is 0 Å². The maximum absolute atomic E-state index is 5.96. The zero-order chi connectivity index (χ0) is 12.3. The molecule has 0 aliphatic carbocycles. The first-order chi connectivity index (χ1) is 8.19. The lowest BCUT2D eigenvalue weighted by molar-refractivity contribution is 0.886. The van der Waals surface area contributed by atoms with Gasteiger partial charge in [-0.05, 0) is 31.2 Å². The van der Waals surface area contributed by atoms with Gasteiger partial charge in [-0.2, -0.15) is 0 Å². The molecule has 1 heterocycles. The smallest absolute Gasteiger partial charge is 0.107 e. The number of halogens is 1. The van der Waals surface area contributed by atoms with Gasteiger partial charge in [0.05, 0.1) is 5.69 Å². The van der Waals surface area contributed by atoms with Crippen LogP contribution in [0.1, 0.15) is 22.8 Å².